The van der Waals surface area contributed by atoms with Crippen molar-refractivity contribution in [2.75, 3.05) is 0 Å². The summed E-state index contributed by atoms with van der Waals surface area (Å²) in [5, 5.41) is 0. The molecule has 0 aromatic heterocycles. The Hall–Kier alpha value is -1.25. The molecule has 86 valence electrons. The molecule has 2 unspecified atom stereocenters. The zero-order valence-corrected chi connectivity index (χ0v) is 9.17. The molecular formula is C13H14F2O. The Morgan fingerprint density at radius 1 is 1.31 bits per heavy atom. The van der Waals surface area contributed by atoms with E-state index in [2.05, 4.69) is 6.92 Å². The highest BCUT2D eigenvalue weighted by molar-refractivity contribution is 5.98. The van der Waals surface area contributed by atoms with Gasteiger partial charge in [-0.05, 0) is 37.3 Å². The number of ketones is 1. The van der Waals surface area contributed by atoms with Crippen molar-refractivity contribution in [2.24, 2.45) is 11.8 Å². The molecule has 3 heteroatoms. The molecule has 1 aromatic rings. The number of rotatable bonds is 2. The molecule has 0 saturated heterocycles. The summed E-state index contributed by atoms with van der Waals surface area (Å²) in [6.45, 7) is 2.08. The molecule has 1 aliphatic rings. The second-order valence-electron chi connectivity index (χ2n) is 4.58. The summed E-state index contributed by atoms with van der Waals surface area (Å²) in [7, 11) is 0. The fraction of sp³-hybridized carbons (Fsp3) is 0.462. The fourth-order valence-electron chi connectivity index (χ4n) is 2.36. The van der Waals surface area contributed by atoms with Crippen molar-refractivity contribution in [1.29, 1.82) is 0 Å². The Balaban J connectivity index is 2.24. The second-order valence-corrected chi connectivity index (χ2v) is 4.58. The van der Waals surface area contributed by atoms with Crippen LogP contribution in [-0.2, 0) is 0 Å². The van der Waals surface area contributed by atoms with Gasteiger partial charge in [0.05, 0.1) is 5.56 Å². The predicted octanol–water partition coefficient (Wildman–Crippen LogP) is 3.58. The third kappa shape index (κ3) is 1.99. The van der Waals surface area contributed by atoms with Gasteiger partial charge in [0.2, 0.25) is 0 Å². The highest BCUT2D eigenvalue weighted by Gasteiger charge is 2.29. The summed E-state index contributed by atoms with van der Waals surface area (Å²) >= 11 is 0. The number of benzene rings is 1. The lowest BCUT2D eigenvalue weighted by Crippen LogP contribution is -2.14. The number of hydrogen-bond acceptors (Lipinski definition) is 1. The number of carbonyl (C=O) groups excluding carboxylic acids is 1. The van der Waals surface area contributed by atoms with Gasteiger partial charge in [0.25, 0.3) is 0 Å². The first-order valence-electron chi connectivity index (χ1n) is 5.58. The first-order valence-corrected chi connectivity index (χ1v) is 5.58. The van der Waals surface area contributed by atoms with E-state index in [0.29, 0.717) is 5.92 Å². The second kappa shape index (κ2) is 4.32. The van der Waals surface area contributed by atoms with Gasteiger partial charge in [0, 0.05) is 5.92 Å². The molecule has 0 bridgehead atoms. The zero-order valence-electron chi connectivity index (χ0n) is 9.17. The number of Topliss-reactive ketones (excluding diaryl/α,β-unsaturated/α-hetero) is 1. The molecular weight excluding hydrogens is 210 g/mol. The molecule has 2 atom stereocenters. The largest absolute Gasteiger partial charge is 0.294 e. The molecule has 0 aliphatic heterocycles. The maximum Gasteiger partial charge on any atom is 0.169 e. The van der Waals surface area contributed by atoms with Crippen LogP contribution in [0.15, 0.2) is 18.2 Å². The van der Waals surface area contributed by atoms with Gasteiger partial charge in [-0.1, -0.05) is 13.0 Å². The predicted molar refractivity (Wildman–Crippen MR) is 57.2 cm³/mol. The molecule has 1 aromatic carbocycles. The summed E-state index contributed by atoms with van der Waals surface area (Å²) in [5.74, 6) is -1.83. The topological polar surface area (TPSA) is 17.1 Å². The molecule has 1 saturated carbocycles. The highest BCUT2D eigenvalue weighted by atomic mass is 19.2. The first-order chi connectivity index (χ1) is 7.59. The van der Waals surface area contributed by atoms with E-state index in [-0.39, 0.29) is 17.3 Å². The molecule has 0 N–H and O–H groups in total. The summed E-state index contributed by atoms with van der Waals surface area (Å²) in [6.07, 6.45) is 2.57. The van der Waals surface area contributed by atoms with Crippen LogP contribution in [0.2, 0.25) is 0 Å². The number of carbonyl (C=O) groups is 1. The summed E-state index contributed by atoms with van der Waals surface area (Å²) in [4.78, 5) is 12.0. The standard InChI is InChI=1S/C13H14F2O/c1-8-5-6-9(7-8)13(16)10-3-2-4-11(14)12(10)15/h2-4,8-9H,5-7H2,1H3. The van der Waals surface area contributed by atoms with Crippen LogP contribution in [-0.4, -0.2) is 5.78 Å². The van der Waals surface area contributed by atoms with Crippen molar-refractivity contribution in [3.05, 3.63) is 35.4 Å². The summed E-state index contributed by atoms with van der Waals surface area (Å²) in [5.41, 5.74) is -0.0981. The van der Waals surface area contributed by atoms with Crippen molar-refractivity contribution >= 4 is 5.78 Å². The van der Waals surface area contributed by atoms with E-state index in [0.717, 1.165) is 25.3 Å². The zero-order chi connectivity index (χ0) is 11.7. The molecule has 0 radical (unpaired) electrons. The third-order valence-electron chi connectivity index (χ3n) is 3.28. The van der Waals surface area contributed by atoms with Crippen molar-refractivity contribution in [3.8, 4) is 0 Å². The maximum atomic E-state index is 13.4. The van der Waals surface area contributed by atoms with E-state index in [1.54, 1.807) is 0 Å². The van der Waals surface area contributed by atoms with Crippen LogP contribution in [0.4, 0.5) is 8.78 Å². The van der Waals surface area contributed by atoms with Crippen LogP contribution in [0.3, 0.4) is 0 Å². The van der Waals surface area contributed by atoms with E-state index in [1.165, 1.54) is 12.1 Å². The van der Waals surface area contributed by atoms with E-state index in [4.69, 9.17) is 0 Å². The molecule has 1 aliphatic carbocycles. The van der Waals surface area contributed by atoms with E-state index >= 15 is 0 Å². The Kier molecular flexibility index (Phi) is 3.03. The van der Waals surface area contributed by atoms with Crippen molar-refractivity contribution < 1.29 is 13.6 Å². The Morgan fingerprint density at radius 2 is 2.06 bits per heavy atom. The smallest absolute Gasteiger partial charge is 0.169 e. The minimum Gasteiger partial charge on any atom is -0.294 e. The maximum absolute atomic E-state index is 13.4. The SMILES string of the molecule is CC1CCC(C(=O)c2cccc(F)c2F)C1. The minimum atomic E-state index is -1.01. The lowest BCUT2D eigenvalue weighted by molar-refractivity contribution is 0.0915. The minimum absolute atomic E-state index is 0.0981. The Labute approximate surface area is 93.5 Å². The lowest BCUT2D eigenvalue weighted by Gasteiger charge is -2.09. The molecule has 0 amide bonds. The van der Waals surface area contributed by atoms with Gasteiger partial charge in [-0.15, -0.1) is 0 Å². The van der Waals surface area contributed by atoms with Crippen LogP contribution in [0.5, 0.6) is 0 Å². The van der Waals surface area contributed by atoms with Gasteiger partial charge >= 0.3 is 0 Å². The normalized spacial score (nSPS) is 24.7. The fourth-order valence-corrected chi connectivity index (χ4v) is 2.36. The summed E-state index contributed by atoms with van der Waals surface area (Å²) in [6, 6.07) is 3.77. The molecule has 2 rings (SSSR count). The van der Waals surface area contributed by atoms with E-state index < -0.39 is 11.6 Å². The van der Waals surface area contributed by atoms with Gasteiger partial charge in [-0.3, -0.25) is 4.79 Å². The lowest BCUT2D eigenvalue weighted by atomic mass is 9.95. The van der Waals surface area contributed by atoms with Crippen molar-refractivity contribution in [3.63, 3.8) is 0 Å². The van der Waals surface area contributed by atoms with Gasteiger partial charge in [-0.25, -0.2) is 8.78 Å². The molecule has 0 heterocycles. The van der Waals surface area contributed by atoms with Crippen molar-refractivity contribution in [1.82, 2.24) is 0 Å². The van der Waals surface area contributed by atoms with Gasteiger partial charge < -0.3 is 0 Å². The van der Waals surface area contributed by atoms with E-state index in [9.17, 15) is 13.6 Å². The molecule has 16 heavy (non-hydrogen) atoms. The Bertz CT molecular complexity index is 414. The molecule has 0 spiro atoms. The van der Waals surface area contributed by atoms with Gasteiger partial charge in [0.1, 0.15) is 0 Å². The van der Waals surface area contributed by atoms with Crippen LogP contribution in [0.25, 0.3) is 0 Å². The third-order valence-corrected chi connectivity index (χ3v) is 3.28. The average Bonchev–Trinajstić information content (AvgIpc) is 2.68. The quantitative estimate of drug-likeness (QED) is 0.702. The number of hydrogen-bond donors (Lipinski definition) is 0. The number of halogens is 2. The molecule has 1 nitrogen and oxygen atoms in total. The van der Waals surface area contributed by atoms with Crippen LogP contribution < -0.4 is 0 Å². The monoisotopic (exact) mass is 224 g/mol. The molecule has 1 fully saturated rings. The van der Waals surface area contributed by atoms with Crippen LogP contribution in [0, 0.1) is 23.5 Å². The van der Waals surface area contributed by atoms with Gasteiger partial charge in [-0.2, -0.15) is 0 Å². The van der Waals surface area contributed by atoms with Crippen LogP contribution in [0.1, 0.15) is 36.5 Å². The van der Waals surface area contributed by atoms with Crippen molar-refractivity contribution in [2.45, 2.75) is 26.2 Å². The average molecular weight is 224 g/mol. The summed E-state index contributed by atoms with van der Waals surface area (Å²) < 4.78 is 26.4. The first kappa shape index (κ1) is 11.2. The van der Waals surface area contributed by atoms with Gasteiger partial charge in [0.15, 0.2) is 17.4 Å². The van der Waals surface area contributed by atoms with E-state index in [1.807, 2.05) is 0 Å². The van der Waals surface area contributed by atoms with Crippen LogP contribution >= 0.6 is 0 Å². The Morgan fingerprint density at radius 3 is 2.69 bits per heavy atom. The highest BCUT2D eigenvalue weighted by Crippen LogP contribution is 2.33.